The van der Waals surface area contributed by atoms with Gasteiger partial charge in [0.05, 0.1) is 0 Å². The minimum Gasteiger partial charge on any atom is -0.329 e. The van der Waals surface area contributed by atoms with Crippen molar-refractivity contribution in [2.75, 3.05) is 13.1 Å². The second kappa shape index (κ2) is 5.72. The highest BCUT2D eigenvalue weighted by molar-refractivity contribution is 4.89. The van der Waals surface area contributed by atoms with Gasteiger partial charge in [-0.1, -0.05) is 27.2 Å². The number of rotatable bonds is 7. The number of nitrogens with two attached hydrogens (primary N) is 1. The molecule has 1 rings (SSSR count). The molecule has 14 heavy (non-hydrogen) atoms. The van der Waals surface area contributed by atoms with Gasteiger partial charge in [0.1, 0.15) is 0 Å². The van der Waals surface area contributed by atoms with Gasteiger partial charge in [-0.15, -0.1) is 0 Å². The molecule has 0 aromatic heterocycles. The van der Waals surface area contributed by atoms with E-state index in [1.54, 1.807) is 0 Å². The average molecular weight is 198 g/mol. The van der Waals surface area contributed by atoms with Crippen LogP contribution >= 0.6 is 0 Å². The van der Waals surface area contributed by atoms with Crippen molar-refractivity contribution in [1.82, 2.24) is 4.90 Å². The fourth-order valence-corrected chi connectivity index (χ4v) is 2.18. The smallest absolute Gasteiger partial charge is 0.0221 e. The summed E-state index contributed by atoms with van der Waals surface area (Å²) in [6.45, 7) is 8.91. The highest BCUT2D eigenvalue weighted by Gasteiger charge is 2.32. The van der Waals surface area contributed by atoms with Crippen molar-refractivity contribution in [1.29, 1.82) is 0 Å². The molecule has 1 aliphatic carbocycles. The Hall–Kier alpha value is -0.0800. The van der Waals surface area contributed by atoms with E-state index in [-0.39, 0.29) is 0 Å². The Bertz CT molecular complexity index is 152. The van der Waals surface area contributed by atoms with Gasteiger partial charge in [-0.2, -0.15) is 0 Å². The molecule has 2 heteroatoms. The molecular weight excluding hydrogens is 172 g/mol. The maximum Gasteiger partial charge on any atom is 0.0221 e. The third-order valence-corrected chi connectivity index (χ3v) is 2.95. The van der Waals surface area contributed by atoms with Crippen LogP contribution in [0.5, 0.6) is 0 Å². The third-order valence-electron chi connectivity index (χ3n) is 2.95. The van der Waals surface area contributed by atoms with Gasteiger partial charge < -0.3 is 5.73 Å². The van der Waals surface area contributed by atoms with Crippen LogP contribution < -0.4 is 5.73 Å². The average Bonchev–Trinajstić information content (AvgIpc) is 2.93. The van der Waals surface area contributed by atoms with Crippen molar-refractivity contribution < 1.29 is 0 Å². The largest absolute Gasteiger partial charge is 0.329 e. The van der Waals surface area contributed by atoms with Crippen LogP contribution in [-0.2, 0) is 0 Å². The van der Waals surface area contributed by atoms with Crippen LogP contribution in [-0.4, -0.2) is 30.1 Å². The highest BCUT2D eigenvalue weighted by Crippen LogP contribution is 2.30. The Morgan fingerprint density at radius 3 is 2.36 bits per heavy atom. The topological polar surface area (TPSA) is 29.3 Å². The third kappa shape index (κ3) is 3.58. The van der Waals surface area contributed by atoms with Crippen LogP contribution in [0.1, 0.15) is 46.5 Å². The van der Waals surface area contributed by atoms with Gasteiger partial charge >= 0.3 is 0 Å². The van der Waals surface area contributed by atoms with E-state index < -0.39 is 0 Å². The van der Waals surface area contributed by atoms with Crippen LogP contribution in [0, 0.1) is 5.92 Å². The maximum absolute atomic E-state index is 5.86. The van der Waals surface area contributed by atoms with Gasteiger partial charge in [0, 0.05) is 25.2 Å². The molecule has 0 saturated heterocycles. The summed E-state index contributed by atoms with van der Waals surface area (Å²) in [5.74, 6) is 0.765. The summed E-state index contributed by atoms with van der Waals surface area (Å²) < 4.78 is 0. The number of hydrogen-bond acceptors (Lipinski definition) is 2. The summed E-state index contributed by atoms with van der Waals surface area (Å²) in [6.07, 6.45) is 5.31. The van der Waals surface area contributed by atoms with E-state index in [1.807, 2.05) is 0 Å². The zero-order valence-corrected chi connectivity index (χ0v) is 10.00. The lowest BCUT2D eigenvalue weighted by Gasteiger charge is -2.32. The molecule has 1 atom stereocenters. The van der Waals surface area contributed by atoms with Crippen molar-refractivity contribution in [3.8, 4) is 0 Å². The summed E-state index contributed by atoms with van der Waals surface area (Å²) in [6, 6.07) is 1.49. The van der Waals surface area contributed by atoms with Crippen LogP contribution in [0.4, 0.5) is 0 Å². The lowest BCUT2D eigenvalue weighted by atomic mass is 10.1. The molecule has 2 nitrogen and oxygen atoms in total. The lowest BCUT2D eigenvalue weighted by Crippen LogP contribution is -2.43. The van der Waals surface area contributed by atoms with Gasteiger partial charge in [-0.25, -0.2) is 0 Å². The van der Waals surface area contributed by atoms with Crippen molar-refractivity contribution in [3.05, 3.63) is 0 Å². The minimum atomic E-state index is 0.634. The molecule has 2 N–H and O–H groups in total. The first-order valence-electron chi connectivity index (χ1n) is 6.14. The summed E-state index contributed by atoms with van der Waals surface area (Å²) >= 11 is 0. The van der Waals surface area contributed by atoms with Crippen molar-refractivity contribution >= 4 is 0 Å². The molecular formula is C12H26N2. The van der Waals surface area contributed by atoms with E-state index in [4.69, 9.17) is 5.73 Å². The summed E-state index contributed by atoms with van der Waals surface area (Å²) in [7, 11) is 0. The van der Waals surface area contributed by atoms with E-state index in [0.29, 0.717) is 6.04 Å². The zero-order chi connectivity index (χ0) is 10.6. The molecule has 0 bridgehead atoms. The molecule has 0 aromatic carbocycles. The molecule has 1 saturated carbocycles. The predicted octanol–water partition coefficient (Wildman–Crippen LogP) is 2.23. The van der Waals surface area contributed by atoms with Gasteiger partial charge in [-0.05, 0) is 25.2 Å². The Morgan fingerprint density at radius 2 is 2.00 bits per heavy atom. The number of nitrogens with zero attached hydrogens (tertiary/aromatic N) is 1. The molecule has 84 valence electrons. The van der Waals surface area contributed by atoms with Crippen molar-refractivity contribution in [2.45, 2.75) is 58.5 Å². The molecule has 0 aliphatic heterocycles. The molecule has 0 radical (unpaired) electrons. The standard InChI is InChI=1S/C12H26N2/c1-4-5-12(8-13)14(9-10(2)3)11-6-7-11/h10-12H,4-9,13H2,1-3H3. The van der Waals surface area contributed by atoms with E-state index in [0.717, 1.165) is 18.5 Å². The van der Waals surface area contributed by atoms with Gasteiger partial charge in [0.2, 0.25) is 0 Å². The second-order valence-corrected chi connectivity index (χ2v) is 5.00. The molecule has 0 spiro atoms. The molecule has 0 amide bonds. The maximum atomic E-state index is 5.86. The van der Waals surface area contributed by atoms with E-state index in [9.17, 15) is 0 Å². The zero-order valence-electron chi connectivity index (χ0n) is 10.00. The summed E-state index contributed by atoms with van der Waals surface area (Å²) in [4.78, 5) is 2.66. The van der Waals surface area contributed by atoms with Gasteiger partial charge in [-0.3, -0.25) is 4.90 Å². The summed E-state index contributed by atoms with van der Waals surface area (Å²) in [5.41, 5.74) is 5.86. The highest BCUT2D eigenvalue weighted by atomic mass is 15.2. The van der Waals surface area contributed by atoms with Gasteiger partial charge in [0.25, 0.3) is 0 Å². The molecule has 0 aromatic rings. The van der Waals surface area contributed by atoms with Crippen LogP contribution in [0.25, 0.3) is 0 Å². The monoisotopic (exact) mass is 198 g/mol. The fourth-order valence-electron chi connectivity index (χ4n) is 2.18. The van der Waals surface area contributed by atoms with Crippen molar-refractivity contribution in [3.63, 3.8) is 0 Å². The van der Waals surface area contributed by atoms with E-state index in [2.05, 4.69) is 25.7 Å². The van der Waals surface area contributed by atoms with Crippen LogP contribution in [0.15, 0.2) is 0 Å². The van der Waals surface area contributed by atoms with Gasteiger partial charge in [0.15, 0.2) is 0 Å². The first-order valence-corrected chi connectivity index (χ1v) is 6.14. The SMILES string of the molecule is CCCC(CN)N(CC(C)C)C1CC1. The van der Waals surface area contributed by atoms with Crippen molar-refractivity contribution in [2.24, 2.45) is 11.7 Å². The second-order valence-electron chi connectivity index (χ2n) is 5.00. The fraction of sp³-hybridized carbons (Fsp3) is 1.00. The lowest BCUT2D eigenvalue weighted by molar-refractivity contribution is 0.160. The first-order chi connectivity index (χ1) is 6.69. The van der Waals surface area contributed by atoms with Crippen LogP contribution in [0.2, 0.25) is 0 Å². The first kappa shape index (κ1) is 12.0. The predicted molar refractivity (Wildman–Crippen MR) is 62.3 cm³/mol. The van der Waals surface area contributed by atoms with Crippen LogP contribution in [0.3, 0.4) is 0 Å². The Kier molecular flexibility index (Phi) is 4.90. The Morgan fingerprint density at radius 1 is 1.36 bits per heavy atom. The summed E-state index contributed by atoms with van der Waals surface area (Å²) in [5, 5.41) is 0. The van der Waals surface area contributed by atoms with E-state index >= 15 is 0 Å². The Labute approximate surface area is 88.8 Å². The molecule has 1 unspecified atom stereocenters. The Balaban J connectivity index is 2.45. The molecule has 1 fully saturated rings. The quantitative estimate of drug-likeness (QED) is 0.680. The number of hydrogen-bond donors (Lipinski definition) is 1. The molecule has 1 aliphatic rings. The van der Waals surface area contributed by atoms with E-state index in [1.165, 1.54) is 32.2 Å². The minimum absolute atomic E-state index is 0.634. The molecule has 0 heterocycles. The normalized spacial score (nSPS) is 19.3.